The number of aromatic nitrogens is 2. The molecule has 22 heteroatoms. The smallest absolute Gasteiger partial charge is 0.350 e. The van der Waals surface area contributed by atoms with Gasteiger partial charge in [0, 0.05) is 24.7 Å². The van der Waals surface area contributed by atoms with E-state index in [1.54, 1.807) is 0 Å². The van der Waals surface area contributed by atoms with Crippen molar-refractivity contribution in [1.29, 1.82) is 0 Å². The van der Waals surface area contributed by atoms with Crippen molar-refractivity contribution in [3.63, 3.8) is 0 Å². The summed E-state index contributed by atoms with van der Waals surface area (Å²) in [5.41, 5.74) is 4.15. The molecule has 5 atom stereocenters. The van der Waals surface area contributed by atoms with Crippen molar-refractivity contribution in [1.82, 2.24) is 20.2 Å². The van der Waals surface area contributed by atoms with Gasteiger partial charge >= 0.3 is 35.2 Å². The van der Waals surface area contributed by atoms with Crippen molar-refractivity contribution in [2.75, 3.05) is 19.7 Å². The van der Waals surface area contributed by atoms with Gasteiger partial charge in [0.2, 0.25) is 0 Å². The first kappa shape index (κ1) is 33.5. The van der Waals surface area contributed by atoms with Gasteiger partial charge in [-0.15, -0.1) is 0 Å². The Labute approximate surface area is 221 Å². The van der Waals surface area contributed by atoms with Crippen LogP contribution in [0, 0.1) is 6.92 Å². The van der Waals surface area contributed by atoms with Crippen LogP contribution in [-0.2, 0) is 31.6 Å². The fourth-order valence-electron chi connectivity index (χ4n) is 3.52. The molecule has 0 aliphatic carbocycles. The second kappa shape index (κ2) is 14.3. The number of carbonyl (C=O) groups is 1. The highest BCUT2D eigenvalue weighted by Gasteiger charge is 2.43. The van der Waals surface area contributed by atoms with E-state index in [1.165, 1.54) is 13.1 Å². The number of phosphoric acid groups is 3. The maximum Gasteiger partial charge on any atom is 0.490 e. The summed E-state index contributed by atoms with van der Waals surface area (Å²) in [6, 6.07) is -1.57. The van der Waals surface area contributed by atoms with Crippen LogP contribution in [0.15, 0.2) is 15.8 Å². The van der Waals surface area contributed by atoms with Crippen LogP contribution in [0.5, 0.6) is 0 Å². The van der Waals surface area contributed by atoms with E-state index in [9.17, 15) is 37.9 Å². The predicted molar refractivity (Wildman–Crippen MR) is 132 cm³/mol. The van der Waals surface area contributed by atoms with Gasteiger partial charge in [-0.2, -0.15) is 8.62 Å². The average Bonchev–Trinajstić information content (AvgIpc) is 3.17. The highest BCUT2D eigenvalue weighted by Crippen LogP contribution is 2.66. The number of nitrogens with zero attached hydrogens (tertiary/aromatic N) is 1. The molecule has 1 fully saturated rings. The van der Waals surface area contributed by atoms with Gasteiger partial charge in [0.1, 0.15) is 12.3 Å². The second-order valence-corrected chi connectivity index (χ2v) is 12.9. The summed E-state index contributed by atoms with van der Waals surface area (Å²) in [6.45, 7) is 1.48. The Morgan fingerprint density at radius 2 is 1.79 bits per heavy atom. The minimum Gasteiger partial charge on any atom is -0.350 e. The molecule has 9 N–H and O–H groups in total. The molecule has 0 spiro atoms. The number of unbranched alkanes of at least 4 members (excludes halogenated alkanes) is 3. The molecule has 19 nitrogen and oxygen atoms in total. The molecule has 2 heterocycles. The maximum absolute atomic E-state index is 12.4. The molecule has 2 rings (SSSR count). The summed E-state index contributed by atoms with van der Waals surface area (Å²) in [5.74, 6) is 0. The van der Waals surface area contributed by atoms with E-state index in [0.29, 0.717) is 19.5 Å². The molecule has 0 aromatic carbocycles. The van der Waals surface area contributed by atoms with E-state index in [-0.39, 0.29) is 12.0 Å². The summed E-state index contributed by atoms with van der Waals surface area (Å²) in [7, 11) is -16.8. The van der Waals surface area contributed by atoms with Crippen LogP contribution in [0.3, 0.4) is 0 Å². The number of rotatable bonds is 15. The minimum atomic E-state index is -5.74. The Morgan fingerprint density at radius 1 is 1.13 bits per heavy atom. The summed E-state index contributed by atoms with van der Waals surface area (Å²) in [6.07, 6.45) is 2.09. The van der Waals surface area contributed by atoms with Gasteiger partial charge in [-0.1, -0.05) is 12.8 Å². The van der Waals surface area contributed by atoms with Gasteiger partial charge in [-0.25, -0.2) is 23.3 Å². The Hall–Kier alpha value is -1.72. The van der Waals surface area contributed by atoms with Crippen LogP contribution in [-0.4, -0.2) is 67.0 Å². The predicted octanol–water partition coefficient (Wildman–Crippen LogP) is -0.337. The summed E-state index contributed by atoms with van der Waals surface area (Å²) in [4.78, 5) is 74.8. The van der Waals surface area contributed by atoms with Crippen LogP contribution >= 0.6 is 23.5 Å². The third-order valence-corrected chi connectivity index (χ3v) is 9.05. The number of amides is 2. The standard InChI is InChI=1S/C17H32N5O14P3/c1-11-9-22(17(25)21-15(11)23)14-8-12(20-16(24)19-7-5-3-2-4-6-18)13(34-14)10-33-38(29,30)36-39(31,32)35-37(26,27)28/h9,12-14H,2-8,10,18H2,1H3,(H,29,30)(H,31,32)(H2,19,20,24)(H,21,23,25)(H2,26,27,28)/t12-,13+,14+/m0/s1. The Morgan fingerprint density at radius 3 is 2.44 bits per heavy atom. The van der Waals surface area contributed by atoms with Crippen molar-refractivity contribution in [2.24, 2.45) is 5.73 Å². The number of hydrogen-bond acceptors (Lipinski definition) is 11. The molecular formula is C17H32N5O14P3. The van der Waals surface area contributed by atoms with Crippen LogP contribution < -0.4 is 27.6 Å². The van der Waals surface area contributed by atoms with E-state index in [2.05, 4.69) is 28.8 Å². The lowest BCUT2D eigenvalue weighted by atomic mass is 10.1. The fourth-order valence-corrected chi connectivity index (χ4v) is 6.55. The van der Waals surface area contributed by atoms with Crippen molar-refractivity contribution in [3.05, 3.63) is 32.6 Å². The summed E-state index contributed by atoms with van der Waals surface area (Å²) in [5, 5.41) is 5.22. The monoisotopic (exact) mass is 623 g/mol. The van der Waals surface area contributed by atoms with E-state index in [4.69, 9.17) is 20.3 Å². The zero-order valence-corrected chi connectivity index (χ0v) is 23.4. The quantitative estimate of drug-likeness (QED) is 0.0916. The van der Waals surface area contributed by atoms with E-state index >= 15 is 0 Å². The molecule has 1 aromatic rings. The molecule has 0 bridgehead atoms. The normalized spacial score (nSPS) is 22.7. The Kier molecular flexibility index (Phi) is 12.2. The van der Waals surface area contributed by atoms with Gasteiger partial charge in [0.15, 0.2) is 0 Å². The van der Waals surface area contributed by atoms with E-state index < -0.39 is 65.7 Å². The fraction of sp³-hybridized carbons (Fsp3) is 0.706. The lowest BCUT2D eigenvalue weighted by Crippen LogP contribution is -2.47. The van der Waals surface area contributed by atoms with E-state index in [0.717, 1.165) is 23.8 Å². The molecule has 39 heavy (non-hydrogen) atoms. The van der Waals surface area contributed by atoms with Gasteiger partial charge in [0.25, 0.3) is 5.56 Å². The molecule has 1 saturated heterocycles. The number of ether oxygens (including phenoxy) is 1. The number of phosphoric ester groups is 1. The largest absolute Gasteiger partial charge is 0.490 e. The number of nitrogens with one attached hydrogen (secondary N) is 3. The molecule has 224 valence electrons. The zero-order valence-electron chi connectivity index (χ0n) is 20.7. The topological polar surface area (TPSA) is 291 Å². The van der Waals surface area contributed by atoms with Gasteiger partial charge in [-0.3, -0.25) is 18.9 Å². The van der Waals surface area contributed by atoms with Crippen LogP contribution in [0.2, 0.25) is 0 Å². The first-order chi connectivity index (χ1) is 18.0. The minimum absolute atomic E-state index is 0.0697. The van der Waals surface area contributed by atoms with Crippen molar-refractivity contribution in [2.45, 2.75) is 57.4 Å². The molecule has 2 unspecified atom stereocenters. The summed E-state index contributed by atoms with van der Waals surface area (Å²) >= 11 is 0. The maximum atomic E-state index is 12.4. The molecule has 1 aliphatic rings. The second-order valence-electron chi connectivity index (χ2n) is 8.44. The van der Waals surface area contributed by atoms with Crippen molar-refractivity contribution >= 4 is 29.5 Å². The van der Waals surface area contributed by atoms with Crippen LogP contribution in [0.1, 0.15) is 43.9 Å². The molecule has 1 aliphatic heterocycles. The molecule has 2 amide bonds. The lowest BCUT2D eigenvalue weighted by molar-refractivity contribution is -0.0280. The van der Waals surface area contributed by atoms with Crippen LogP contribution in [0.4, 0.5) is 4.79 Å². The molecular weight excluding hydrogens is 591 g/mol. The lowest BCUT2D eigenvalue weighted by Gasteiger charge is -2.22. The zero-order chi connectivity index (χ0) is 29.4. The number of aryl methyl sites for hydroxylation is 1. The third kappa shape index (κ3) is 11.7. The van der Waals surface area contributed by atoms with Gasteiger partial charge < -0.3 is 40.7 Å². The SMILES string of the molecule is Cc1cn([C@H]2C[C@H](NC(=O)NCCCCCCN)[C@@H](COP(=O)(O)OP(=O)(O)OP(=O)(O)O)O2)c(=O)[nH]c1=O. The van der Waals surface area contributed by atoms with Crippen molar-refractivity contribution < 1.29 is 55.9 Å². The number of carbonyl (C=O) groups excluding carboxylic acids is 1. The number of H-pyrrole nitrogens is 1. The number of hydrogen-bond donors (Lipinski definition) is 8. The highest BCUT2D eigenvalue weighted by molar-refractivity contribution is 7.66. The van der Waals surface area contributed by atoms with Crippen molar-refractivity contribution in [3.8, 4) is 0 Å². The Bertz CT molecular complexity index is 1250. The third-order valence-electron chi connectivity index (χ3n) is 5.24. The van der Waals surface area contributed by atoms with E-state index in [1.807, 2.05) is 0 Å². The van der Waals surface area contributed by atoms with Gasteiger partial charge in [-0.05, 0) is 26.3 Å². The molecule has 0 radical (unpaired) electrons. The number of aromatic amines is 1. The first-order valence-electron chi connectivity index (χ1n) is 11.5. The Balaban J connectivity index is 2.11. The summed E-state index contributed by atoms with van der Waals surface area (Å²) < 4.78 is 53.2. The van der Waals surface area contributed by atoms with Crippen LogP contribution in [0.25, 0.3) is 0 Å². The van der Waals surface area contributed by atoms with Gasteiger partial charge in [0.05, 0.1) is 12.6 Å². The first-order valence-corrected chi connectivity index (χ1v) is 16.0. The highest BCUT2D eigenvalue weighted by atomic mass is 31.3. The number of nitrogens with two attached hydrogens (primary N) is 1. The number of urea groups is 1. The molecule has 1 aromatic heterocycles. The average molecular weight is 623 g/mol. The molecule has 0 saturated carbocycles.